The number of H-pyrrole nitrogens is 2. The molecule has 5 aromatic carbocycles. The van der Waals surface area contributed by atoms with Crippen molar-refractivity contribution in [2.45, 2.75) is 6.54 Å². The molecule has 78 heavy (non-hydrogen) atoms. The molecule has 0 aliphatic carbocycles. The minimum absolute atomic E-state index is 0.00750. The van der Waals surface area contributed by atoms with E-state index in [2.05, 4.69) is 30.2 Å². The van der Waals surface area contributed by atoms with Crippen LogP contribution in [-0.2, 0) is 6.54 Å². The number of rotatable bonds is 8. The van der Waals surface area contributed by atoms with Gasteiger partial charge < -0.3 is 19.9 Å². The largest absolute Gasteiger partial charge is 0.354 e. The Labute approximate surface area is 426 Å². The van der Waals surface area contributed by atoms with Crippen molar-refractivity contribution in [3.63, 3.8) is 0 Å². The van der Waals surface area contributed by atoms with Crippen LogP contribution < -0.4 is 5.32 Å². The normalized spacial score (nSPS) is 12.0. The molecule has 0 saturated carbocycles. The highest BCUT2D eigenvalue weighted by Crippen LogP contribution is 2.44. The first-order valence-corrected chi connectivity index (χ1v) is 22.5. The Bertz CT molecular complexity index is 4160. The average Bonchev–Trinajstić information content (AvgIpc) is 4.44. The Morgan fingerprint density at radius 1 is 0.436 bits per heavy atom. The molecule has 1 amide bonds. The number of imidazole rings is 1. The van der Waals surface area contributed by atoms with Crippen LogP contribution >= 0.6 is 0 Å². The van der Waals surface area contributed by atoms with Crippen LogP contribution in [0.5, 0.6) is 0 Å². The third-order valence-corrected chi connectivity index (χ3v) is 12.7. The van der Waals surface area contributed by atoms with Gasteiger partial charge in [-0.05, 0) is 72.3 Å². The SMILES string of the molecule is O=C(Nc1ccccc1-c1c2nc(c(-c3c(F)c(F)c(F)c(F)c3F)c3ccc([nH]3)c(-c3c(F)c(F)c(F)c(F)c3F)c3nc(c(-c4c(F)c(F)c(F)c(F)c4F)c4ccc1[nH]4)C=C3)C=C2)c1cccc(Cn2ccnc2)c1. The number of nitrogens with zero attached hydrogens (tertiary/aromatic N) is 4. The second-order valence-corrected chi connectivity index (χ2v) is 17.3. The molecule has 23 heteroatoms. The van der Waals surface area contributed by atoms with E-state index >= 15 is 52.7 Å². The van der Waals surface area contributed by atoms with Crippen LogP contribution in [0.1, 0.15) is 38.7 Å². The zero-order valence-corrected chi connectivity index (χ0v) is 38.5. The average molecular weight is 1080 g/mol. The number of carbonyl (C=O) groups excluding carboxylic acids is 1. The second-order valence-electron chi connectivity index (χ2n) is 17.3. The van der Waals surface area contributed by atoms with E-state index in [4.69, 9.17) is 0 Å². The number of aromatic nitrogens is 6. The molecule has 0 spiro atoms. The summed E-state index contributed by atoms with van der Waals surface area (Å²) in [5, 5.41) is 2.80. The lowest BCUT2D eigenvalue weighted by molar-refractivity contribution is 0.102. The van der Waals surface area contributed by atoms with Gasteiger partial charge in [-0.2, -0.15) is 0 Å². The summed E-state index contributed by atoms with van der Waals surface area (Å²) < 4.78 is 233. The number of amides is 1. The van der Waals surface area contributed by atoms with E-state index in [-0.39, 0.29) is 33.6 Å². The first-order valence-electron chi connectivity index (χ1n) is 22.5. The lowest BCUT2D eigenvalue weighted by Gasteiger charge is -2.13. The maximum atomic E-state index is 16.2. The molecular weight excluding hydrogens is 1060 g/mol. The Kier molecular flexibility index (Phi) is 12.4. The molecule has 3 N–H and O–H groups in total. The van der Waals surface area contributed by atoms with Crippen molar-refractivity contribution in [2.24, 2.45) is 0 Å². The highest BCUT2D eigenvalue weighted by Gasteiger charge is 2.34. The predicted octanol–water partition coefficient (Wildman–Crippen LogP) is 14.9. The molecule has 0 unspecified atom stereocenters. The molecule has 2 aliphatic rings. The summed E-state index contributed by atoms with van der Waals surface area (Å²) in [6.45, 7) is 0.319. The third-order valence-electron chi connectivity index (χ3n) is 12.7. The molecule has 4 aromatic heterocycles. The molecule has 390 valence electrons. The Hall–Kier alpha value is -9.67. The van der Waals surface area contributed by atoms with Crippen LogP contribution in [0, 0.1) is 87.3 Å². The first-order chi connectivity index (χ1) is 37.3. The maximum absolute atomic E-state index is 16.2. The summed E-state index contributed by atoms with van der Waals surface area (Å²) in [6.07, 6.45) is 8.58. The fraction of sp³-hybridized carbons (Fsp3) is 0.0182. The van der Waals surface area contributed by atoms with E-state index in [1.807, 2.05) is 0 Å². The number of fused-ring (bicyclic) bond motifs is 8. The fourth-order valence-electron chi connectivity index (χ4n) is 9.16. The van der Waals surface area contributed by atoms with Crippen LogP contribution in [-0.4, -0.2) is 35.4 Å². The van der Waals surface area contributed by atoms with E-state index < -0.39 is 160 Å². The molecule has 0 radical (unpaired) electrons. The molecular formula is C55H24F15N7O. The molecule has 2 aliphatic heterocycles. The number of halogens is 15. The third kappa shape index (κ3) is 8.15. The zero-order chi connectivity index (χ0) is 55.2. The van der Waals surface area contributed by atoms with Crippen molar-refractivity contribution >= 4 is 58.0 Å². The van der Waals surface area contributed by atoms with Gasteiger partial charge in [-0.1, -0.05) is 30.3 Å². The van der Waals surface area contributed by atoms with E-state index in [0.717, 1.165) is 42.5 Å². The van der Waals surface area contributed by atoms with Crippen molar-refractivity contribution in [3.05, 3.63) is 213 Å². The van der Waals surface area contributed by atoms with Gasteiger partial charge in [0.15, 0.2) is 69.8 Å². The molecule has 8 bridgehead atoms. The molecule has 9 aromatic rings. The smallest absolute Gasteiger partial charge is 0.255 e. The summed E-state index contributed by atoms with van der Waals surface area (Å²) in [6, 6.07) is 16.2. The van der Waals surface area contributed by atoms with Gasteiger partial charge >= 0.3 is 0 Å². The standard InChI is InChI=1S/C55H24F15N7O/c56-40-37(41(57)47(63)52(68)46(40)62)34-27-10-8-25(72-27)33(23-6-1-2-7-24(23)76-55(78)22-5-3-4-21(18-22)19-77-17-16-71-20-77)26-9-11-28(73-26)35(38-42(58)48(64)53(69)49(65)43(38)59)30-13-15-32(75-30)36(31-14-12-29(34)74-31)39-44(60)50(66)54(70)51(67)45(39)61/h1-18,20,72,75H,19H2,(H,76,78). The monoisotopic (exact) mass is 1080 g/mol. The van der Waals surface area contributed by atoms with Crippen LogP contribution in [0.25, 0.3) is 90.9 Å². The van der Waals surface area contributed by atoms with Crippen LogP contribution in [0.3, 0.4) is 0 Å². The van der Waals surface area contributed by atoms with Crippen molar-refractivity contribution in [3.8, 4) is 44.5 Å². The summed E-state index contributed by atoms with van der Waals surface area (Å²) in [7, 11) is 0. The van der Waals surface area contributed by atoms with Crippen molar-refractivity contribution in [1.82, 2.24) is 29.5 Å². The van der Waals surface area contributed by atoms with Gasteiger partial charge in [-0.3, -0.25) is 4.79 Å². The lowest BCUT2D eigenvalue weighted by Crippen LogP contribution is -2.13. The number of hydrogen-bond acceptors (Lipinski definition) is 4. The number of benzene rings is 5. The summed E-state index contributed by atoms with van der Waals surface area (Å²) in [5.74, 6) is -37.9. The van der Waals surface area contributed by atoms with Crippen molar-refractivity contribution < 1.29 is 70.7 Å². The minimum atomic E-state index is -2.64. The van der Waals surface area contributed by atoms with E-state index in [9.17, 15) is 18.0 Å². The highest BCUT2D eigenvalue weighted by atomic mass is 19.2. The minimum Gasteiger partial charge on any atom is -0.354 e. The predicted molar refractivity (Wildman–Crippen MR) is 256 cm³/mol. The molecule has 0 fully saturated rings. The van der Waals surface area contributed by atoms with E-state index in [1.54, 1.807) is 41.5 Å². The number of nitrogens with one attached hydrogen (secondary N) is 3. The Morgan fingerprint density at radius 2 is 0.821 bits per heavy atom. The number of aromatic amines is 2. The van der Waals surface area contributed by atoms with Crippen LogP contribution in [0.15, 0.2) is 91.5 Å². The van der Waals surface area contributed by atoms with Gasteiger partial charge in [0.05, 0.1) is 45.8 Å². The fourth-order valence-corrected chi connectivity index (χ4v) is 9.16. The maximum Gasteiger partial charge on any atom is 0.255 e. The zero-order valence-electron chi connectivity index (χ0n) is 38.5. The quantitative estimate of drug-likeness (QED) is 0.0801. The van der Waals surface area contributed by atoms with Crippen molar-refractivity contribution in [1.29, 1.82) is 0 Å². The second kappa shape index (κ2) is 19.2. The van der Waals surface area contributed by atoms with E-state index in [1.165, 1.54) is 36.4 Å². The number of anilines is 1. The van der Waals surface area contributed by atoms with E-state index in [0.29, 0.717) is 12.1 Å². The van der Waals surface area contributed by atoms with Gasteiger partial charge in [-0.25, -0.2) is 80.8 Å². The molecule has 6 heterocycles. The van der Waals surface area contributed by atoms with Gasteiger partial charge in [0.1, 0.15) is 0 Å². The molecule has 0 saturated heterocycles. The van der Waals surface area contributed by atoms with Gasteiger partial charge in [-0.15, -0.1) is 0 Å². The lowest BCUT2D eigenvalue weighted by atomic mass is 10.0. The highest BCUT2D eigenvalue weighted by molar-refractivity contribution is 6.08. The van der Waals surface area contributed by atoms with Crippen molar-refractivity contribution in [2.75, 3.05) is 5.32 Å². The summed E-state index contributed by atoms with van der Waals surface area (Å²) >= 11 is 0. The summed E-state index contributed by atoms with van der Waals surface area (Å²) in [4.78, 5) is 32.1. The topological polar surface area (TPSA) is 104 Å². The number of para-hydroxylation sites is 1. The van der Waals surface area contributed by atoms with Gasteiger partial charge in [0, 0.05) is 80.1 Å². The summed E-state index contributed by atoms with van der Waals surface area (Å²) in [5.41, 5.74) is -12.1. The van der Waals surface area contributed by atoms with Gasteiger partial charge in [0.25, 0.3) is 5.91 Å². The van der Waals surface area contributed by atoms with Crippen LogP contribution in [0.2, 0.25) is 0 Å². The molecule has 11 rings (SSSR count). The van der Waals surface area contributed by atoms with Gasteiger partial charge in [0.2, 0.25) is 17.5 Å². The molecule has 0 atom stereocenters. The first kappa shape index (κ1) is 50.5. The molecule has 8 nitrogen and oxygen atoms in total. The Morgan fingerprint density at radius 3 is 1.23 bits per heavy atom. The number of hydrogen-bond donors (Lipinski definition) is 3. The van der Waals surface area contributed by atoms with Crippen LogP contribution in [0.4, 0.5) is 71.5 Å². The number of carbonyl (C=O) groups is 1. The Balaban J connectivity index is 1.28.